The molecule has 0 radical (unpaired) electrons. The Morgan fingerprint density at radius 3 is 2.43 bits per heavy atom. The van der Waals surface area contributed by atoms with E-state index in [2.05, 4.69) is 20.3 Å². The third-order valence-corrected chi connectivity index (χ3v) is 4.95. The van der Waals surface area contributed by atoms with Crippen molar-refractivity contribution in [2.24, 2.45) is 0 Å². The number of thioether (sulfide) groups is 1. The number of nitrogens with zero attached hydrogens (tertiary/aromatic N) is 4. The van der Waals surface area contributed by atoms with Crippen LogP contribution >= 0.6 is 11.8 Å². The Labute approximate surface area is 176 Å². The highest BCUT2D eigenvalue weighted by atomic mass is 32.2. The molecule has 0 aliphatic carbocycles. The fraction of sp³-hybridized carbons (Fsp3) is 0.211. The Morgan fingerprint density at radius 1 is 1.17 bits per heavy atom. The maximum atomic E-state index is 12.2. The number of benzene rings is 2. The van der Waals surface area contributed by atoms with Gasteiger partial charge in [-0.1, -0.05) is 11.8 Å². The average molecular weight is 434 g/mol. The van der Waals surface area contributed by atoms with Crippen LogP contribution in [0.5, 0.6) is 5.75 Å². The molecule has 0 aliphatic heterocycles. The van der Waals surface area contributed by atoms with E-state index in [1.807, 2.05) is 43.3 Å². The smallest absolute Gasteiger partial charge is 0.387 e. The van der Waals surface area contributed by atoms with E-state index in [4.69, 9.17) is 5.84 Å². The van der Waals surface area contributed by atoms with Crippen molar-refractivity contribution >= 4 is 29.0 Å². The van der Waals surface area contributed by atoms with Crippen molar-refractivity contribution in [3.05, 3.63) is 48.5 Å². The SMILES string of the molecule is CN(C)c1ccc(NC(=O)CSc2nnc(-c3ccc(OC(F)F)cc3)n2N)cc1. The van der Waals surface area contributed by atoms with Gasteiger partial charge in [0.1, 0.15) is 5.75 Å². The number of nitrogens with one attached hydrogen (secondary N) is 1. The predicted molar refractivity (Wildman–Crippen MR) is 112 cm³/mol. The molecule has 30 heavy (non-hydrogen) atoms. The summed E-state index contributed by atoms with van der Waals surface area (Å²) in [6, 6.07) is 13.3. The van der Waals surface area contributed by atoms with Gasteiger partial charge in [-0.25, -0.2) is 4.68 Å². The summed E-state index contributed by atoms with van der Waals surface area (Å²) in [6.07, 6.45) is 0. The zero-order chi connectivity index (χ0) is 21.7. The first-order chi connectivity index (χ1) is 14.3. The number of halogens is 2. The number of carbonyl (C=O) groups excluding carboxylic acids is 1. The van der Waals surface area contributed by atoms with Crippen molar-refractivity contribution in [3.8, 4) is 17.1 Å². The molecule has 11 heteroatoms. The second kappa shape index (κ2) is 9.44. The number of nitrogens with two attached hydrogens (primary N) is 1. The zero-order valence-electron chi connectivity index (χ0n) is 16.3. The lowest BCUT2D eigenvalue weighted by Crippen LogP contribution is -2.16. The van der Waals surface area contributed by atoms with Crippen molar-refractivity contribution in [3.63, 3.8) is 0 Å². The van der Waals surface area contributed by atoms with Crippen molar-refractivity contribution in [2.45, 2.75) is 11.8 Å². The molecule has 0 atom stereocenters. The molecule has 158 valence electrons. The number of carbonyl (C=O) groups is 1. The van der Waals surface area contributed by atoms with Gasteiger partial charge in [-0.2, -0.15) is 8.78 Å². The maximum Gasteiger partial charge on any atom is 0.387 e. The Bertz CT molecular complexity index is 993. The highest BCUT2D eigenvalue weighted by Gasteiger charge is 2.14. The largest absolute Gasteiger partial charge is 0.435 e. The van der Waals surface area contributed by atoms with Gasteiger partial charge in [0.25, 0.3) is 0 Å². The molecule has 0 fully saturated rings. The molecule has 3 rings (SSSR count). The number of nitrogen functional groups attached to an aromatic ring is 1. The minimum atomic E-state index is -2.89. The average Bonchev–Trinajstić information content (AvgIpc) is 3.07. The first-order valence-electron chi connectivity index (χ1n) is 8.79. The summed E-state index contributed by atoms with van der Waals surface area (Å²) in [5.74, 6) is 6.26. The number of alkyl halides is 2. The summed E-state index contributed by atoms with van der Waals surface area (Å²) in [6.45, 7) is -2.89. The van der Waals surface area contributed by atoms with Crippen molar-refractivity contribution in [1.29, 1.82) is 0 Å². The molecular weight excluding hydrogens is 414 g/mol. The number of hydrogen-bond donors (Lipinski definition) is 2. The van der Waals surface area contributed by atoms with Crippen LogP contribution in [0, 0.1) is 0 Å². The highest BCUT2D eigenvalue weighted by molar-refractivity contribution is 7.99. The first kappa shape index (κ1) is 21.4. The van der Waals surface area contributed by atoms with Crippen LogP contribution in [-0.2, 0) is 4.79 Å². The topological polar surface area (TPSA) is 98.3 Å². The van der Waals surface area contributed by atoms with Crippen LogP contribution in [0.3, 0.4) is 0 Å². The number of rotatable bonds is 8. The van der Waals surface area contributed by atoms with Crippen LogP contribution in [0.15, 0.2) is 53.7 Å². The van der Waals surface area contributed by atoms with Crippen LogP contribution in [0.2, 0.25) is 0 Å². The van der Waals surface area contributed by atoms with E-state index in [-0.39, 0.29) is 17.4 Å². The van der Waals surface area contributed by atoms with Gasteiger partial charge in [0, 0.05) is 31.0 Å². The Morgan fingerprint density at radius 2 is 1.83 bits per heavy atom. The minimum absolute atomic E-state index is 0.0294. The standard InChI is InChI=1S/C19H20F2N6O2S/c1-26(2)14-7-5-13(6-8-14)23-16(28)11-30-19-25-24-17(27(19)22)12-3-9-15(10-4-12)29-18(20)21/h3-10,18H,11,22H2,1-2H3,(H,23,28). The molecule has 0 saturated carbocycles. The van der Waals surface area contributed by atoms with Gasteiger partial charge < -0.3 is 20.8 Å². The fourth-order valence-electron chi connectivity index (χ4n) is 2.53. The molecule has 0 bridgehead atoms. The Balaban J connectivity index is 1.59. The second-order valence-electron chi connectivity index (χ2n) is 6.36. The predicted octanol–water partition coefficient (Wildman–Crippen LogP) is 3.06. The van der Waals surface area contributed by atoms with Gasteiger partial charge in [-0.3, -0.25) is 4.79 Å². The number of anilines is 2. The summed E-state index contributed by atoms with van der Waals surface area (Å²) < 4.78 is 30.0. The summed E-state index contributed by atoms with van der Waals surface area (Å²) in [5.41, 5.74) is 2.29. The van der Waals surface area contributed by atoms with E-state index in [1.165, 1.54) is 16.8 Å². The van der Waals surface area contributed by atoms with Crippen molar-refractivity contribution in [2.75, 3.05) is 35.9 Å². The molecule has 0 spiro atoms. The Kier molecular flexibility index (Phi) is 6.72. The molecule has 1 aromatic heterocycles. The number of amides is 1. The molecular formula is C19H20F2N6O2S. The van der Waals surface area contributed by atoms with Gasteiger partial charge in [0.2, 0.25) is 11.1 Å². The number of hydrogen-bond acceptors (Lipinski definition) is 7. The van der Waals surface area contributed by atoms with Crippen molar-refractivity contribution < 1.29 is 18.3 Å². The lowest BCUT2D eigenvalue weighted by atomic mass is 10.2. The van der Waals surface area contributed by atoms with Crippen LogP contribution < -0.4 is 20.8 Å². The van der Waals surface area contributed by atoms with Crippen LogP contribution in [0.4, 0.5) is 20.2 Å². The van der Waals surface area contributed by atoms with E-state index in [1.54, 1.807) is 12.1 Å². The fourth-order valence-corrected chi connectivity index (χ4v) is 3.18. The molecule has 0 unspecified atom stereocenters. The summed E-state index contributed by atoms with van der Waals surface area (Å²) in [4.78, 5) is 14.2. The van der Waals surface area contributed by atoms with Crippen LogP contribution in [0.25, 0.3) is 11.4 Å². The first-order valence-corrected chi connectivity index (χ1v) is 9.78. The second-order valence-corrected chi connectivity index (χ2v) is 7.30. The monoisotopic (exact) mass is 434 g/mol. The van der Waals surface area contributed by atoms with E-state index in [0.717, 1.165) is 17.4 Å². The minimum Gasteiger partial charge on any atom is -0.435 e. The lowest BCUT2D eigenvalue weighted by Gasteiger charge is -2.13. The lowest BCUT2D eigenvalue weighted by molar-refractivity contribution is -0.113. The quantitative estimate of drug-likeness (QED) is 0.415. The van der Waals surface area contributed by atoms with Crippen molar-refractivity contribution in [1.82, 2.24) is 14.9 Å². The van der Waals surface area contributed by atoms with Gasteiger partial charge in [0.15, 0.2) is 5.82 Å². The van der Waals surface area contributed by atoms with Crippen LogP contribution in [-0.4, -0.2) is 47.2 Å². The van der Waals surface area contributed by atoms with Gasteiger partial charge in [-0.15, -0.1) is 10.2 Å². The van der Waals surface area contributed by atoms with Gasteiger partial charge >= 0.3 is 6.61 Å². The summed E-state index contributed by atoms with van der Waals surface area (Å²) in [7, 11) is 3.88. The van der Waals surface area contributed by atoms with E-state index in [9.17, 15) is 13.6 Å². The van der Waals surface area contributed by atoms with E-state index < -0.39 is 6.61 Å². The number of ether oxygens (including phenoxy) is 1. The molecule has 0 aliphatic rings. The molecule has 3 aromatic rings. The highest BCUT2D eigenvalue weighted by Crippen LogP contribution is 2.24. The normalized spacial score (nSPS) is 10.8. The molecule has 3 N–H and O–H groups in total. The molecule has 1 amide bonds. The molecule has 1 heterocycles. The summed E-state index contributed by atoms with van der Waals surface area (Å²) >= 11 is 1.13. The molecule has 2 aromatic carbocycles. The third kappa shape index (κ3) is 5.38. The van der Waals surface area contributed by atoms with Crippen LogP contribution in [0.1, 0.15) is 0 Å². The molecule has 0 saturated heterocycles. The Hall–Kier alpha value is -3.34. The summed E-state index contributed by atoms with van der Waals surface area (Å²) in [5, 5.41) is 11.1. The maximum absolute atomic E-state index is 12.2. The number of aromatic nitrogens is 3. The zero-order valence-corrected chi connectivity index (χ0v) is 17.1. The third-order valence-electron chi connectivity index (χ3n) is 4.00. The molecule has 8 nitrogen and oxygen atoms in total. The van der Waals surface area contributed by atoms with Gasteiger partial charge in [0.05, 0.1) is 5.75 Å². The van der Waals surface area contributed by atoms with Gasteiger partial charge in [-0.05, 0) is 48.5 Å². The van der Waals surface area contributed by atoms with E-state index in [0.29, 0.717) is 22.2 Å². The van der Waals surface area contributed by atoms with E-state index >= 15 is 0 Å².